The van der Waals surface area contributed by atoms with E-state index in [-0.39, 0.29) is 5.41 Å². The topological polar surface area (TPSA) is 37.8 Å². The van der Waals surface area contributed by atoms with Crippen molar-refractivity contribution in [3.63, 3.8) is 0 Å². The number of rotatable bonds is 3. The lowest BCUT2D eigenvalue weighted by Gasteiger charge is -2.19. The molecule has 88 valence electrons. The van der Waals surface area contributed by atoms with Gasteiger partial charge >= 0.3 is 0 Å². The first-order chi connectivity index (χ1) is 7.45. The zero-order chi connectivity index (χ0) is 11.8. The van der Waals surface area contributed by atoms with Gasteiger partial charge in [-0.15, -0.1) is 0 Å². The average Bonchev–Trinajstić information content (AvgIpc) is 2.96. The molecule has 1 fully saturated rings. The van der Waals surface area contributed by atoms with E-state index < -0.39 is 0 Å². The van der Waals surface area contributed by atoms with Gasteiger partial charge in [0, 0.05) is 22.8 Å². The van der Waals surface area contributed by atoms with Crippen LogP contribution in [0, 0.1) is 6.92 Å². The number of nitrogens with one attached hydrogen (secondary N) is 1. The molecule has 0 radical (unpaired) electrons. The van der Waals surface area contributed by atoms with Crippen LogP contribution in [0.3, 0.4) is 0 Å². The summed E-state index contributed by atoms with van der Waals surface area (Å²) in [4.78, 5) is 9.10. The first-order valence-corrected chi connectivity index (χ1v) is 6.03. The largest absolute Gasteiger partial charge is 0.307 e. The molecule has 1 aliphatic carbocycles. The highest BCUT2D eigenvalue weighted by Crippen LogP contribution is 2.21. The number of hydrogen-bond donors (Lipinski definition) is 1. The second-order valence-corrected chi connectivity index (χ2v) is 5.72. The van der Waals surface area contributed by atoms with Gasteiger partial charge in [-0.2, -0.15) is 0 Å². The summed E-state index contributed by atoms with van der Waals surface area (Å²) < 4.78 is 0. The molecule has 0 saturated heterocycles. The fourth-order valence-electron chi connectivity index (χ4n) is 1.62. The minimum absolute atomic E-state index is 0.0992. The predicted molar refractivity (Wildman–Crippen MR) is 65.3 cm³/mol. The van der Waals surface area contributed by atoms with E-state index in [1.165, 1.54) is 12.8 Å². The maximum absolute atomic E-state index is 4.63. The highest BCUT2D eigenvalue weighted by atomic mass is 15.0. The van der Waals surface area contributed by atoms with Crippen molar-refractivity contribution in [1.82, 2.24) is 15.3 Å². The van der Waals surface area contributed by atoms with Crippen molar-refractivity contribution < 1.29 is 0 Å². The van der Waals surface area contributed by atoms with Crippen LogP contribution in [0.1, 0.15) is 50.8 Å². The molecule has 0 spiro atoms. The quantitative estimate of drug-likeness (QED) is 0.848. The van der Waals surface area contributed by atoms with Crippen LogP contribution in [0.25, 0.3) is 0 Å². The Morgan fingerprint density at radius 2 is 2.00 bits per heavy atom. The van der Waals surface area contributed by atoms with Gasteiger partial charge in [-0.05, 0) is 25.8 Å². The number of nitrogens with zero attached hydrogens (tertiary/aromatic N) is 2. The van der Waals surface area contributed by atoms with Crippen molar-refractivity contribution in [3.8, 4) is 0 Å². The van der Waals surface area contributed by atoms with Gasteiger partial charge in [-0.3, -0.25) is 0 Å². The Morgan fingerprint density at radius 3 is 2.56 bits per heavy atom. The van der Waals surface area contributed by atoms with Gasteiger partial charge in [0.05, 0.1) is 6.54 Å². The molecule has 1 aromatic heterocycles. The Labute approximate surface area is 97.7 Å². The molecular formula is C13H21N3. The summed E-state index contributed by atoms with van der Waals surface area (Å²) in [7, 11) is 0. The van der Waals surface area contributed by atoms with Crippen LogP contribution in [0.5, 0.6) is 0 Å². The third kappa shape index (κ3) is 3.01. The molecular weight excluding hydrogens is 198 g/mol. The van der Waals surface area contributed by atoms with Gasteiger partial charge in [0.25, 0.3) is 0 Å². The molecule has 1 N–H and O–H groups in total. The normalized spacial score (nSPS) is 16.5. The van der Waals surface area contributed by atoms with Crippen molar-refractivity contribution in [1.29, 1.82) is 0 Å². The fraction of sp³-hybridized carbons (Fsp3) is 0.692. The molecule has 0 aromatic carbocycles. The maximum atomic E-state index is 4.63. The molecule has 1 aliphatic rings. The summed E-state index contributed by atoms with van der Waals surface area (Å²) >= 11 is 0. The lowest BCUT2D eigenvalue weighted by molar-refractivity contribution is 0.553. The average molecular weight is 219 g/mol. The Morgan fingerprint density at radius 1 is 1.31 bits per heavy atom. The second-order valence-electron chi connectivity index (χ2n) is 5.72. The van der Waals surface area contributed by atoms with Gasteiger partial charge in [0.1, 0.15) is 5.82 Å². The summed E-state index contributed by atoms with van der Waals surface area (Å²) in [6.45, 7) is 9.40. The third-order valence-corrected chi connectivity index (χ3v) is 2.80. The molecule has 16 heavy (non-hydrogen) atoms. The van der Waals surface area contributed by atoms with Crippen LogP contribution in [0.4, 0.5) is 0 Å². The summed E-state index contributed by atoms with van der Waals surface area (Å²) in [6, 6.07) is 2.79. The van der Waals surface area contributed by atoms with Crippen LogP contribution >= 0.6 is 0 Å². The van der Waals surface area contributed by atoms with Crippen molar-refractivity contribution in [2.24, 2.45) is 0 Å². The Kier molecular flexibility index (Phi) is 2.98. The smallest absolute Gasteiger partial charge is 0.142 e. The molecule has 0 atom stereocenters. The van der Waals surface area contributed by atoms with E-state index in [0.29, 0.717) is 6.04 Å². The van der Waals surface area contributed by atoms with Crippen molar-refractivity contribution >= 4 is 0 Å². The standard InChI is InChI=1S/C13H21N3/c1-9-7-11(13(2,3)4)16-12(15-9)8-14-10-5-6-10/h7,10,14H,5-6,8H2,1-4H3. The van der Waals surface area contributed by atoms with Crippen LogP contribution in [-0.2, 0) is 12.0 Å². The number of aromatic nitrogens is 2. The fourth-order valence-corrected chi connectivity index (χ4v) is 1.62. The maximum Gasteiger partial charge on any atom is 0.142 e. The third-order valence-electron chi connectivity index (χ3n) is 2.80. The van der Waals surface area contributed by atoms with Crippen molar-refractivity contribution in [2.75, 3.05) is 0 Å². The predicted octanol–water partition coefficient (Wildman–Crippen LogP) is 2.33. The van der Waals surface area contributed by atoms with E-state index in [0.717, 1.165) is 23.8 Å². The lowest BCUT2D eigenvalue weighted by atomic mass is 9.91. The molecule has 0 amide bonds. The van der Waals surface area contributed by atoms with E-state index in [1.807, 2.05) is 6.92 Å². The monoisotopic (exact) mass is 219 g/mol. The number of aryl methyl sites for hydroxylation is 1. The van der Waals surface area contributed by atoms with Gasteiger partial charge in [0.2, 0.25) is 0 Å². The van der Waals surface area contributed by atoms with Crippen LogP contribution in [-0.4, -0.2) is 16.0 Å². The Balaban J connectivity index is 2.14. The molecule has 0 aliphatic heterocycles. The van der Waals surface area contributed by atoms with Crippen LogP contribution in [0.2, 0.25) is 0 Å². The van der Waals surface area contributed by atoms with Crippen LogP contribution < -0.4 is 5.32 Å². The molecule has 0 unspecified atom stereocenters. The highest BCUT2D eigenvalue weighted by Gasteiger charge is 2.21. The summed E-state index contributed by atoms with van der Waals surface area (Å²) in [6.07, 6.45) is 2.61. The SMILES string of the molecule is Cc1cc(C(C)(C)C)nc(CNC2CC2)n1. The van der Waals surface area contributed by atoms with Gasteiger partial charge < -0.3 is 5.32 Å². The molecule has 1 heterocycles. The summed E-state index contributed by atoms with van der Waals surface area (Å²) in [5.74, 6) is 0.928. The van der Waals surface area contributed by atoms with E-state index in [9.17, 15) is 0 Å². The van der Waals surface area contributed by atoms with Gasteiger partial charge in [-0.25, -0.2) is 9.97 Å². The molecule has 1 aromatic rings. The van der Waals surface area contributed by atoms with E-state index in [1.54, 1.807) is 0 Å². The van der Waals surface area contributed by atoms with Crippen molar-refractivity contribution in [2.45, 2.75) is 58.5 Å². The molecule has 3 nitrogen and oxygen atoms in total. The minimum Gasteiger partial charge on any atom is -0.307 e. The van der Waals surface area contributed by atoms with Crippen LogP contribution in [0.15, 0.2) is 6.07 Å². The van der Waals surface area contributed by atoms with E-state index >= 15 is 0 Å². The molecule has 0 bridgehead atoms. The Bertz CT molecular complexity index is 375. The summed E-state index contributed by atoms with van der Waals surface area (Å²) in [5.41, 5.74) is 2.29. The van der Waals surface area contributed by atoms with Gasteiger partial charge in [-0.1, -0.05) is 20.8 Å². The van der Waals surface area contributed by atoms with Gasteiger partial charge in [0.15, 0.2) is 0 Å². The number of hydrogen-bond acceptors (Lipinski definition) is 3. The van der Waals surface area contributed by atoms with E-state index in [4.69, 9.17) is 0 Å². The minimum atomic E-state index is 0.0992. The summed E-state index contributed by atoms with van der Waals surface area (Å²) in [5, 5.41) is 3.45. The molecule has 1 saturated carbocycles. The first kappa shape index (κ1) is 11.5. The second kappa shape index (κ2) is 4.13. The lowest BCUT2D eigenvalue weighted by Crippen LogP contribution is -2.21. The zero-order valence-corrected chi connectivity index (χ0v) is 10.7. The van der Waals surface area contributed by atoms with Crippen molar-refractivity contribution in [3.05, 3.63) is 23.3 Å². The molecule has 2 rings (SSSR count). The highest BCUT2D eigenvalue weighted by molar-refractivity contribution is 5.17. The Hall–Kier alpha value is -0.960. The van der Waals surface area contributed by atoms with E-state index in [2.05, 4.69) is 42.1 Å². The molecule has 3 heteroatoms. The zero-order valence-electron chi connectivity index (χ0n) is 10.7. The first-order valence-electron chi connectivity index (χ1n) is 6.03.